The summed E-state index contributed by atoms with van der Waals surface area (Å²) in [5.41, 5.74) is 1.96. The molecule has 20 heavy (non-hydrogen) atoms. The van der Waals surface area contributed by atoms with Gasteiger partial charge in [0.05, 0.1) is 27.2 Å². The van der Waals surface area contributed by atoms with Crippen molar-refractivity contribution in [2.24, 2.45) is 0 Å². The van der Waals surface area contributed by atoms with Gasteiger partial charge in [-0.25, -0.2) is 0 Å². The summed E-state index contributed by atoms with van der Waals surface area (Å²) in [4.78, 5) is 14.6. The first-order valence-electron chi connectivity index (χ1n) is 6.86. The van der Waals surface area contributed by atoms with Crippen molar-refractivity contribution in [3.63, 3.8) is 0 Å². The SMILES string of the molecule is CCCn1c(C(=O)N2CCOCC2)cc2sc(Br)cc21. The fourth-order valence-electron chi connectivity index (χ4n) is 2.58. The molecule has 0 spiro atoms. The minimum Gasteiger partial charge on any atom is -0.378 e. The molecule has 3 heterocycles. The fourth-order valence-corrected chi connectivity index (χ4v) is 4.15. The van der Waals surface area contributed by atoms with Crippen LogP contribution in [0.1, 0.15) is 23.8 Å². The topological polar surface area (TPSA) is 34.5 Å². The number of ether oxygens (including phenoxy) is 1. The van der Waals surface area contributed by atoms with E-state index in [0.717, 1.165) is 28.0 Å². The van der Waals surface area contributed by atoms with Crippen LogP contribution in [0.5, 0.6) is 0 Å². The summed E-state index contributed by atoms with van der Waals surface area (Å²) in [5.74, 6) is 0.126. The van der Waals surface area contributed by atoms with Crippen LogP contribution in [-0.2, 0) is 11.3 Å². The van der Waals surface area contributed by atoms with Crippen LogP contribution >= 0.6 is 27.3 Å². The molecule has 1 fully saturated rings. The third-order valence-corrected chi connectivity index (χ3v) is 5.10. The number of nitrogens with zero attached hydrogens (tertiary/aromatic N) is 2. The maximum absolute atomic E-state index is 12.7. The van der Waals surface area contributed by atoms with Crippen LogP contribution < -0.4 is 0 Å². The summed E-state index contributed by atoms with van der Waals surface area (Å²) in [6.45, 7) is 5.66. The Hall–Kier alpha value is -0.850. The largest absolute Gasteiger partial charge is 0.378 e. The highest BCUT2D eigenvalue weighted by molar-refractivity contribution is 9.11. The van der Waals surface area contributed by atoms with Crippen LogP contribution in [0.25, 0.3) is 10.2 Å². The summed E-state index contributed by atoms with van der Waals surface area (Å²) in [5, 5.41) is 0. The Morgan fingerprint density at radius 3 is 2.85 bits per heavy atom. The summed E-state index contributed by atoms with van der Waals surface area (Å²) >= 11 is 5.20. The van der Waals surface area contributed by atoms with E-state index >= 15 is 0 Å². The van der Waals surface area contributed by atoms with Crippen molar-refractivity contribution in [1.82, 2.24) is 9.47 Å². The van der Waals surface area contributed by atoms with E-state index in [-0.39, 0.29) is 5.91 Å². The van der Waals surface area contributed by atoms with Gasteiger partial charge in [-0.15, -0.1) is 11.3 Å². The molecule has 3 rings (SSSR count). The van der Waals surface area contributed by atoms with Crippen molar-refractivity contribution in [3.05, 3.63) is 21.6 Å². The van der Waals surface area contributed by atoms with E-state index in [1.165, 1.54) is 4.70 Å². The van der Waals surface area contributed by atoms with Gasteiger partial charge in [-0.05, 0) is 34.5 Å². The van der Waals surface area contributed by atoms with Crippen molar-refractivity contribution in [2.45, 2.75) is 19.9 Å². The summed E-state index contributed by atoms with van der Waals surface area (Å²) < 4.78 is 9.74. The van der Waals surface area contributed by atoms with Crippen LogP contribution in [0, 0.1) is 0 Å². The number of amides is 1. The molecule has 2 aromatic heterocycles. The molecule has 0 aliphatic carbocycles. The molecule has 1 amide bonds. The van der Waals surface area contributed by atoms with Crippen molar-refractivity contribution in [2.75, 3.05) is 26.3 Å². The normalized spacial score (nSPS) is 16.0. The molecular weight excluding hydrogens is 340 g/mol. The lowest BCUT2D eigenvalue weighted by Gasteiger charge is -2.27. The second-order valence-corrected chi connectivity index (χ2v) is 7.35. The second-order valence-electron chi connectivity index (χ2n) is 4.89. The predicted octanol–water partition coefficient (Wildman–Crippen LogP) is 3.35. The number of carbonyl (C=O) groups is 1. The Balaban J connectivity index is 1.98. The Bertz CT molecular complexity index is 628. The standard InChI is InChI=1S/C14H17BrN2O2S/c1-2-3-17-10-9-13(15)20-12(10)8-11(17)14(18)16-4-6-19-7-5-16/h8-9H,2-7H2,1H3. The Labute approximate surface area is 130 Å². The number of halogens is 1. The number of fused-ring (bicyclic) bond motifs is 1. The van der Waals surface area contributed by atoms with Crippen molar-refractivity contribution in [1.29, 1.82) is 0 Å². The van der Waals surface area contributed by atoms with E-state index in [4.69, 9.17) is 4.74 Å². The maximum Gasteiger partial charge on any atom is 0.270 e. The average Bonchev–Trinajstić information content (AvgIpc) is 2.97. The van der Waals surface area contributed by atoms with E-state index in [9.17, 15) is 4.79 Å². The molecule has 0 aromatic carbocycles. The van der Waals surface area contributed by atoms with Gasteiger partial charge >= 0.3 is 0 Å². The molecule has 1 aliphatic rings. The molecule has 108 valence electrons. The Morgan fingerprint density at radius 2 is 2.15 bits per heavy atom. The average molecular weight is 357 g/mol. The van der Waals surface area contributed by atoms with Gasteiger partial charge in [0, 0.05) is 19.6 Å². The number of hydrogen-bond donors (Lipinski definition) is 0. The summed E-state index contributed by atoms with van der Waals surface area (Å²) in [6.07, 6.45) is 1.01. The number of rotatable bonds is 3. The molecular formula is C14H17BrN2O2S. The number of aryl methyl sites for hydroxylation is 1. The number of hydrogen-bond acceptors (Lipinski definition) is 3. The van der Waals surface area contributed by atoms with Crippen molar-refractivity contribution < 1.29 is 9.53 Å². The number of carbonyl (C=O) groups excluding carboxylic acids is 1. The van der Waals surface area contributed by atoms with Crippen molar-refractivity contribution >= 4 is 43.4 Å². The molecule has 0 saturated carbocycles. The van der Waals surface area contributed by atoms with Gasteiger partial charge in [0.25, 0.3) is 5.91 Å². The second kappa shape index (κ2) is 5.87. The molecule has 0 atom stereocenters. The lowest BCUT2D eigenvalue weighted by atomic mass is 10.3. The quantitative estimate of drug-likeness (QED) is 0.844. The van der Waals surface area contributed by atoms with E-state index in [1.807, 2.05) is 11.0 Å². The molecule has 0 radical (unpaired) electrons. The molecule has 0 bridgehead atoms. The number of morpholine rings is 1. The Kier molecular flexibility index (Phi) is 4.14. The first-order chi connectivity index (χ1) is 9.70. The zero-order valence-corrected chi connectivity index (χ0v) is 13.8. The van der Waals surface area contributed by atoms with Crippen LogP contribution in [0.2, 0.25) is 0 Å². The summed E-state index contributed by atoms with van der Waals surface area (Å²) in [7, 11) is 0. The van der Waals surface area contributed by atoms with Gasteiger partial charge in [-0.2, -0.15) is 0 Å². The van der Waals surface area contributed by atoms with Gasteiger partial charge in [0.2, 0.25) is 0 Å². The molecule has 1 aliphatic heterocycles. The van der Waals surface area contributed by atoms with Gasteiger partial charge in [0.15, 0.2) is 0 Å². The van der Waals surface area contributed by atoms with E-state index in [1.54, 1.807) is 11.3 Å². The van der Waals surface area contributed by atoms with E-state index in [2.05, 4.69) is 33.5 Å². The van der Waals surface area contributed by atoms with Gasteiger partial charge in [-0.1, -0.05) is 6.92 Å². The van der Waals surface area contributed by atoms with Gasteiger partial charge in [0.1, 0.15) is 5.69 Å². The maximum atomic E-state index is 12.7. The lowest BCUT2D eigenvalue weighted by molar-refractivity contribution is 0.0296. The lowest BCUT2D eigenvalue weighted by Crippen LogP contribution is -2.41. The minimum absolute atomic E-state index is 0.126. The van der Waals surface area contributed by atoms with Gasteiger partial charge in [-0.3, -0.25) is 4.79 Å². The fraction of sp³-hybridized carbons (Fsp3) is 0.500. The monoisotopic (exact) mass is 356 g/mol. The van der Waals surface area contributed by atoms with Gasteiger partial charge < -0.3 is 14.2 Å². The minimum atomic E-state index is 0.126. The molecule has 1 saturated heterocycles. The van der Waals surface area contributed by atoms with Crippen LogP contribution in [0.3, 0.4) is 0 Å². The van der Waals surface area contributed by atoms with E-state index in [0.29, 0.717) is 26.3 Å². The predicted molar refractivity (Wildman–Crippen MR) is 84.5 cm³/mol. The highest BCUT2D eigenvalue weighted by Crippen LogP contribution is 2.33. The third kappa shape index (κ3) is 2.52. The number of aromatic nitrogens is 1. The van der Waals surface area contributed by atoms with E-state index < -0.39 is 0 Å². The first kappa shape index (κ1) is 14.1. The molecule has 2 aromatic rings. The smallest absolute Gasteiger partial charge is 0.270 e. The first-order valence-corrected chi connectivity index (χ1v) is 8.47. The van der Waals surface area contributed by atoms with Crippen LogP contribution in [0.4, 0.5) is 0 Å². The molecule has 6 heteroatoms. The highest BCUT2D eigenvalue weighted by atomic mass is 79.9. The number of thiophene rings is 1. The Morgan fingerprint density at radius 1 is 1.40 bits per heavy atom. The molecule has 0 N–H and O–H groups in total. The van der Waals surface area contributed by atoms with Crippen molar-refractivity contribution in [3.8, 4) is 0 Å². The highest BCUT2D eigenvalue weighted by Gasteiger charge is 2.23. The molecule has 4 nitrogen and oxygen atoms in total. The zero-order valence-electron chi connectivity index (χ0n) is 11.4. The zero-order chi connectivity index (χ0) is 14.1. The third-order valence-electron chi connectivity index (χ3n) is 3.52. The summed E-state index contributed by atoms with van der Waals surface area (Å²) in [6, 6.07) is 4.13. The molecule has 0 unspecified atom stereocenters. The van der Waals surface area contributed by atoms with Crippen LogP contribution in [0.15, 0.2) is 15.9 Å². The van der Waals surface area contributed by atoms with Crippen LogP contribution in [-0.4, -0.2) is 41.7 Å².